The Morgan fingerprint density at radius 3 is 2.71 bits per heavy atom. The number of nitrogen functional groups attached to an aromatic ring is 1. The minimum absolute atomic E-state index is 0.0952. The number of alkyl halides is 1. The molecule has 2 aromatic heterocycles. The predicted octanol–water partition coefficient (Wildman–Crippen LogP) is 2.30. The molecule has 0 radical (unpaired) electrons. The quantitative estimate of drug-likeness (QED) is 0.143. The van der Waals surface area contributed by atoms with Crippen LogP contribution in [0.5, 0.6) is 5.75 Å². The molecule has 220 valence electrons. The number of nitrogens with two attached hydrogens (primary N) is 1. The average molecular weight is 608 g/mol. The summed E-state index contributed by atoms with van der Waals surface area (Å²) in [5.74, 6) is 2.01. The highest BCUT2D eigenvalue weighted by molar-refractivity contribution is 8.09. The van der Waals surface area contributed by atoms with Crippen molar-refractivity contribution in [1.29, 1.82) is 0 Å². The maximum absolute atomic E-state index is 16.2. The molecule has 3 heterocycles. The van der Waals surface area contributed by atoms with Crippen LogP contribution < -0.4 is 20.7 Å². The van der Waals surface area contributed by atoms with Gasteiger partial charge in [-0.05, 0) is 44.7 Å². The Hall–Kier alpha value is -3.38. The van der Waals surface area contributed by atoms with Gasteiger partial charge in [-0.3, -0.25) is 9.36 Å². The van der Waals surface area contributed by atoms with E-state index < -0.39 is 49.4 Å². The van der Waals surface area contributed by atoms with Gasteiger partial charge in [0.05, 0.1) is 19.0 Å². The van der Waals surface area contributed by atoms with E-state index in [4.69, 9.17) is 42.5 Å². The molecule has 4 rings (SSSR count). The Bertz CT molecular complexity index is 1490. The van der Waals surface area contributed by atoms with Crippen LogP contribution in [0.2, 0.25) is 0 Å². The van der Waals surface area contributed by atoms with Gasteiger partial charge in [-0.2, -0.15) is 9.97 Å². The molecular formula is C25H31FN7O6PS. The Labute approximate surface area is 241 Å². The lowest BCUT2D eigenvalue weighted by atomic mass is 9.97. The van der Waals surface area contributed by atoms with E-state index in [1.54, 1.807) is 58.2 Å². The summed E-state index contributed by atoms with van der Waals surface area (Å²) in [4.78, 5) is 24.9. The van der Waals surface area contributed by atoms with E-state index in [1.165, 1.54) is 10.9 Å². The number of aromatic nitrogens is 4. The number of nitrogens with zero attached hydrogens (tertiary/aromatic N) is 4. The third-order valence-electron chi connectivity index (χ3n) is 6.03. The number of ether oxygens (including phenoxy) is 2. The van der Waals surface area contributed by atoms with E-state index in [-0.39, 0.29) is 23.2 Å². The fourth-order valence-corrected chi connectivity index (χ4v) is 6.51. The van der Waals surface area contributed by atoms with Crippen molar-refractivity contribution < 1.29 is 32.8 Å². The number of para-hydroxylation sites is 1. The molecule has 6 atom stereocenters. The molecule has 1 fully saturated rings. The van der Waals surface area contributed by atoms with Gasteiger partial charge in [0.2, 0.25) is 11.6 Å². The van der Waals surface area contributed by atoms with E-state index in [0.29, 0.717) is 11.6 Å². The van der Waals surface area contributed by atoms with Crippen LogP contribution in [0.15, 0.2) is 36.7 Å². The second kappa shape index (κ2) is 12.2. The van der Waals surface area contributed by atoms with Crippen molar-refractivity contribution >= 4 is 47.3 Å². The Kier molecular flexibility index (Phi) is 9.13. The van der Waals surface area contributed by atoms with Crippen LogP contribution in [0.1, 0.15) is 27.0 Å². The van der Waals surface area contributed by atoms with Gasteiger partial charge in [0.25, 0.3) is 0 Å². The van der Waals surface area contributed by atoms with Crippen LogP contribution in [0.3, 0.4) is 0 Å². The number of rotatable bonds is 11. The summed E-state index contributed by atoms with van der Waals surface area (Å²) in [6, 6.07) is 7.65. The van der Waals surface area contributed by atoms with E-state index in [1.807, 2.05) is 5.92 Å². The lowest BCUT2D eigenvalue weighted by Crippen LogP contribution is -2.42. The zero-order valence-corrected chi connectivity index (χ0v) is 24.4. The maximum Gasteiger partial charge on any atom is 0.323 e. The first-order chi connectivity index (χ1) is 19.4. The second-order valence-corrected chi connectivity index (χ2v) is 12.6. The van der Waals surface area contributed by atoms with Crippen molar-refractivity contribution in [3.8, 4) is 18.1 Å². The third kappa shape index (κ3) is 6.43. The van der Waals surface area contributed by atoms with Gasteiger partial charge in [0.15, 0.2) is 23.2 Å². The zero-order valence-electron chi connectivity index (χ0n) is 22.7. The van der Waals surface area contributed by atoms with Crippen molar-refractivity contribution in [1.82, 2.24) is 24.6 Å². The highest BCUT2D eigenvalue weighted by atomic mass is 32.5. The number of halogens is 1. The molecule has 5 N–H and O–H groups in total. The molecule has 41 heavy (non-hydrogen) atoms. The summed E-state index contributed by atoms with van der Waals surface area (Å²) in [7, 11) is 1.61. The number of benzene rings is 1. The lowest BCUT2D eigenvalue weighted by molar-refractivity contribution is -0.149. The smallest absolute Gasteiger partial charge is 0.323 e. The highest BCUT2D eigenvalue weighted by Gasteiger charge is 2.58. The molecule has 0 bridgehead atoms. The van der Waals surface area contributed by atoms with Crippen LogP contribution in [0.25, 0.3) is 11.2 Å². The summed E-state index contributed by atoms with van der Waals surface area (Å²) in [6.07, 6.45) is 1.76. The molecule has 0 aliphatic carbocycles. The number of carbonyl (C=O) groups excluding carboxylic acids is 1. The monoisotopic (exact) mass is 607 g/mol. The standard InChI is InChI=1S/C25H31FN7O6PS/c1-6-25(26)19(34)17(38-23(25)33-13-29-18-20(28-5)30-24(27)31-21(18)33)12-36-40(41,39-16-10-8-7-9-11-16)32-15(4)22(35)37-14(2)3/h1,7-11,13-15,17,19,23,34H,12H2,2-5H3,(H,32,41)(H3,27,28,30,31)/t15-,17-,19-,23-,25-,40?/m1/s1. The number of nitrogens with one attached hydrogen (secondary N) is 2. The van der Waals surface area contributed by atoms with Crippen molar-refractivity contribution in [3.05, 3.63) is 36.7 Å². The maximum atomic E-state index is 16.2. The summed E-state index contributed by atoms with van der Waals surface area (Å²) in [5, 5.41) is 16.7. The topological polar surface area (TPSA) is 168 Å². The van der Waals surface area contributed by atoms with Crippen molar-refractivity contribution in [2.75, 3.05) is 24.7 Å². The number of fused-ring (bicyclic) bond motifs is 1. The first kappa shape index (κ1) is 30.6. The first-order valence-corrected chi connectivity index (χ1v) is 15.2. The highest BCUT2D eigenvalue weighted by Crippen LogP contribution is 2.48. The summed E-state index contributed by atoms with van der Waals surface area (Å²) in [5.41, 5.74) is 3.53. The Morgan fingerprint density at radius 1 is 1.37 bits per heavy atom. The van der Waals surface area contributed by atoms with Gasteiger partial charge in [-0.1, -0.05) is 24.1 Å². The Balaban J connectivity index is 1.60. The van der Waals surface area contributed by atoms with Crippen LogP contribution in [-0.4, -0.2) is 74.3 Å². The van der Waals surface area contributed by atoms with Crippen LogP contribution >= 0.6 is 6.64 Å². The second-order valence-electron chi connectivity index (χ2n) is 9.42. The minimum atomic E-state index is -3.51. The largest absolute Gasteiger partial charge is 0.462 e. The summed E-state index contributed by atoms with van der Waals surface area (Å²) < 4.78 is 40.5. The number of terminal acetylenes is 1. The van der Waals surface area contributed by atoms with Crippen molar-refractivity contribution in [2.45, 2.75) is 57.0 Å². The number of anilines is 2. The van der Waals surface area contributed by atoms with E-state index in [0.717, 1.165) is 0 Å². The van der Waals surface area contributed by atoms with E-state index in [2.05, 4.69) is 25.4 Å². The summed E-state index contributed by atoms with van der Waals surface area (Å²) in [6.45, 7) is 1.02. The number of carbonyl (C=O) groups is 1. The van der Waals surface area contributed by atoms with Gasteiger partial charge in [0.1, 0.15) is 24.0 Å². The SMILES string of the molecule is C#C[C@@]1(F)[C@H](O)[C@@H](COP(=S)(N[C@H](C)C(=O)OC(C)C)Oc2ccccc2)O[C@H]1n1cnc2c(NC)nc(N)nc21. The molecule has 1 aliphatic heterocycles. The van der Waals surface area contributed by atoms with Gasteiger partial charge in [0, 0.05) is 7.05 Å². The number of hydrogen-bond donors (Lipinski definition) is 4. The van der Waals surface area contributed by atoms with Crippen LogP contribution in [0.4, 0.5) is 16.2 Å². The Morgan fingerprint density at radius 2 is 2.07 bits per heavy atom. The van der Waals surface area contributed by atoms with Crippen molar-refractivity contribution in [3.63, 3.8) is 0 Å². The minimum Gasteiger partial charge on any atom is -0.462 e. The van der Waals surface area contributed by atoms with E-state index in [9.17, 15) is 9.90 Å². The molecule has 0 spiro atoms. The molecule has 1 unspecified atom stereocenters. The number of aliphatic hydroxyl groups excluding tert-OH is 1. The zero-order chi connectivity index (χ0) is 29.9. The summed E-state index contributed by atoms with van der Waals surface area (Å²) >= 11 is 5.69. The fourth-order valence-electron chi connectivity index (χ4n) is 4.10. The molecule has 0 saturated carbocycles. The number of esters is 1. The third-order valence-corrected chi connectivity index (χ3v) is 8.53. The fraction of sp³-hybridized carbons (Fsp3) is 0.440. The number of aliphatic hydroxyl groups is 1. The van der Waals surface area contributed by atoms with Gasteiger partial charge < -0.3 is 34.7 Å². The van der Waals surface area contributed by atoms with Gasteiger partial charge >= 0.3 is 12.6 Å². The molecule has 1 saturated heterocycles. The number of hydrogen-bond acceptors (Lipinski definition) is 12. The lowest BCUT2D eigenvalue weighted by Gasteiger charge is -2.28. The molecule has 0 amide bonds. The molecule has 1 aromatic carbocycles. The molecular weight excluding hydrogens is 576 g/mol. The predicted molar refractivity (Wildman–Crippen MR) is 153 cm³/mol. The van der Waals surface area contributed by atoms with Crippen molar-refractivity contribution in [2.24, 2.45) is 0 Å². The molecule has 3 aromatic rings. The molecule has 16 heteroatoms. The van der Waals surface area contributed by atoms with E-state index >= 15 is 4.39 Å². The average Bonchev–Trinajstić information content (AvgIpc) is 3.45. The van der Waals surface area contributed by atoms with Gasteiger partial charge in [-0.25, -0.2) is 14.5 Å². The van der Waals surface area contributed by atoms with Gasteiger partial charge in [-0.15, -0.1) is 6.42 Å². The normalized spacial score (nSPS) is 24.5. The number of imidazole rings is 1. The molecule has 1 aliphatic rings. The van der Waals surface area contributed by atoms with Crippen LogP contribution in [0, 0.1) is 12.3 Å². The van der Waals surface area contributed by atoms with Crippen LogP contribution in [-0.2, 0) is 30.6 Å². The first-order valence-electron chi connectivity index (χ1n) is 12.6. The molecule has 13 nitrogen and oxygen atoms in total.